The lowest BCUT2D eigenvalue weighted by Gasteiger charge is -2.06. The minimum atomic E-state index is -0.0487. The smallest absolute Gasteiger partial charge is 0.267 e. The summed E-state index contributed by atoms with van der Waals surface area (Å²) >= 11 is 0. The van der Waals surface area contributed by atoms with Crippen molar-refractivity contribution in [2.45, 2.75) is 13.0 Å². The summed E-state index contributed by atoms with van der Waals surface area (Å²) in [5.74, 6) is -0.0487. The minimum absolute atomic E-state index is 0.0487. The monoisotopic (exact) mass is 267 g/mol. The van der Waals surface area contributed by atoms with Crippen LogP contribution in [0.4, 0.5) is 0 Å². The van der Waals surface area contributed by atoms with Crippen molar-refractivity contribution in [3.8, 4) is 0 Å². The molecule has 102 valence electrons. The molecule has 0 saturated carbocycles. The van der Waals surface area contributed by atoms with Crippen LogP contribution in [0, 0.1) is 0 Å². The standard InChI is InChI=1S/C16H17N3O/c20-16(14-6-3-9-17-14)18-10-4-11-19-12-8-13-5-1-2-7-15(13)19/h1-3,5-9,12,17H,4,10-11H2,(H,18,20). The highest BCUT2D eigenvalue weighted by Gasteiger charge is 2.04. The molecule has 0 radical (unpaired) electrons. The van der Waals surface area contributed by atoms with Crippen LogP contribution in [0.1, 0.15) is 16.9 Å². The molecular weight excluding hydrogens is 250 g/mol. The van der Waals surface area contributed by atoms with Gasteiger partial charge in [-0.05, 0) is 36.1 Å². The van der Waals surface area contributed by atoms with E-state index in [1.807, 2.05) is 18.2 Å². The molecule has 0 aliphatic heterocycles. The Labute approximate surface area is 117 Å². The Balaban J connectivity index is 1.52. The van der Waals surface area contributed by atoms with Gasteiger partial charge < -0.3 is 14.9 Å². The number of para-hydroxylation sites is 1. The number of hydrogen-bond acceptors (Lipinski definition) is 1. The maximum atomic E-state index is 11.7. The first kappa shape index (κ1) is 12.5. The lowest BCUT2D eigenvalue weighted by molar-refractivity contribution is 0.0948. The summed E-state index contributed by atoms with van der Waals surface area (Å²) in [6.07, 6.45) is 4.75. The molecule has 2 aromatic heterocycles. The van der Waals surface area contributed by atoms with Crippen LogP contribution in [-0.2, 0) is 6.54 Å². The molecule has 2 heterocycles. The number of nitrogens with one attached hydrogen (secondary N) is 2. The van der Waals surface area contributed by atoms with Gasteiger partial charge in [-0.3, -0.25) is 4.79 Å². The first-order chi connectivity index (χ1) is 9.84. The Hall–Kier alpha value is -2.49. The largest absolute Gasteiger partial charge is 0.357 e. The van der Waals surface area contributed by atoms with E-state index in [9.17, 15) is 4.79 Å². The fraction of sp³-hybridized carbons (Fsp3) is 0.188. The zero-order valence-corrected chi connectivity index (χ0v) is 11.2. The van der Waals surface area contributed by atoms with Crippen LogP contribution in [0.15, 0.2) is 54.9 Å². The van der Waals surface area contributed by atoms with Gasteiger partial charge in [0.2, 0.25) is 0 Å². The molecule has 4 heteroatoms. The van der Waals surface area contributed by atoms with Gasteiger partial charge in [0.05, 0.1) is 0 Å². The molecule has 0 fully saturated rings. The molecule has 0 saturated heterocycles. The SMILES string of the molecule is O=C(NCCCn1ccc2ccccc21)c1ccc[nH]1. The first-order valence-corrected chi connectivity index (χ1v) is 6.80. The number of amides is 1. The maximum absolute atomic E-state index is 11.7. The summed E-state index contributed by atoms with van der Waals surface area (Å²) < 4.78 is 2.22. The van der Waals surface area contributed by atoms with E-state index in [0.717, 1.165) is 13.0 Å². The second-order valence-electron chi connectivity index (χ2n) is 4.76. The molecule has 1 amide bonds. The lowest BCUT2D eigenvalue weighted by Crippen LogP contribution is -2.25. The number of carbonyl (C=O) groups is 1. The Morgan fingerprint density at radius 1 is 1.15 bits per heavy atom. The molecule has 0 aliphatic carbocycles. The Kier molecular flexibility index (Phi) is 3.54. The fourth-order valence-corrected chi connectivity index (χ4v) is 2.35. The molecule has 1 aromatic carbocycles. The van der Waals surface area contributed by atoms with E-state index in [0.29, 0.717) is 12.2 Å². The minimum Gasteiger partial charge on any atom is -0.357 e. The second kappa shape index (κ2) is 5.65. The average molecular weight is 267 g/mol. The predicted octanol–water partition coefficient (Wildman–Crippen LogP) is 2.79. The molecule has 3 rings (SSSR count). The van der Waals surface area contributed by atoms with E-state index in [-0.39, 0.29) is 5.91 Å². The summed E-state index contributed by atoms with van der Waals surface area (Å²) in [6, 6.07) is 14.0. The molecule has 0 bridgehead atoms. The van der Waals surface area contributed by atoms with Crippen LogP contribution in [-0.4, -0.2) is 22.0 Å². The highest BCUT2D eigenvalue weighted by atomic mass is 16.1. The van der Waals surface area contributed by atoms with Crippen LogP contribution in [0.2, 0.25) is 0 Å². The zero-order chi connectivity index (χ0) is 13.8. The summed E-state index contributed by atoms with van der Waals surface area (Å²) in [7, 11) is 0. The summed E-state index contributed by atoms with van der Waals surface area (Å²) in [6.45, 7) is 1.57. The van der Waals surface area contributed by atoms with Gasteiger partial charge in [0.15, 0.2) is 0 Å². The van der Waals surface area contributed by atoms with Crippen molar-refractivity contribution in [3.05, 3.63) is 60.6 Å². The van der Waals surface area contributed by atoms with Crippen molar-refractivity contribution < 1.29 is 4.79 Å². The van der Waals surface area contributed by atoms with Crippen LogP contribution >= 0.6 is 0 Å². The highest BCUT2D eigenvalue weighted by Crippen LogP contribution is 2.15. The van der Waals surface area contributed by atoms with E-state index in [2.05, 4.69) is 39.3 Å². The Morgan fingerprint density at radius 3 is 2.90 bits per heavy atom. The number of aromatic amines is 1. The van der Waals surface area contributed by atoms with E-state index in [4.69, 9.17) is 0 Å². The van der Waals surface area contributed by atoms with Gasteiger partial charge in [-0.25, -0.2) is 0 Å². The molecular formula is C16H17N3O. The third-order valence-electron chi connectivity index (χ3n) is 3.38. The van der Waals surface area contributed by atoms with E-state index < -0.39 is 0 Å². The number of rotatable bonds is 5. The number of benzene rings is 1. The molecule has 0 spiro atoms. The van der Waals surface area contributed by atoms with Crippen LogP contribution in [0.3, 0.4) is 0 Å². The van der Waals surface area contributed by atoms with Gasteiger partial charge in [-0.1, -0.05) is 18.2 Å². The van der Waals surface area contributed by atoms with Gasteiger partial charge in [-0.2, -0.15) is 0 Å². The molecule has 20 heavy (non-hydrogen) atoms. The topological polar surface area (TPSA) is 49.8 Å². The van der Waals surface area contributed by atoms with Crippen LogP contribution in [0.25, 0.3) is 10.9 Å². The molecule has 4 nitrogen and oxygen atoms in total. The highest BCUT2D eigenvalue weighted by molar-refractivity contribution is 5.92. The molecule has 3 aromatic rings. The molecule has 0 atom stereocenters. The van der Waals surface area contributed by atoms with Gasteiger partial charge in [0.25, 0.3) is 5.91 Å². The fourth-order valence-electron chi connectivity index (χ4n) is 2.35. The summed E-state index contributed by atoms with van der Waals surface area (Å²) in [4.78, 5) is 14.6. The van der Waals surface area contributed by atoms with Crippen molar-refractivity contribution in [1.82, 2.24) is 14.9 Å². The number of aryl methyl sites for hydroxylation is 1. The lowest BCUT2D eigenvalue weighted by atomic mass is 10.2. The Bertz CT molecular complexity index is 697. The third-order valence-corrected chi connectivity index (χ3v) is 3.38. The normalized spacial score (nSPS) is 10.8. The summed E-state index contributed by atoms with van der Waals surface area (Å²) in [5, 5.41) is 4.16. The number of H-pyrrole nitrogens is 1. The van der Waals surface area contributed by atoms with Crippen LogP contribution < -0.4 is 5.32 Å². The molecule has 0 aliphatic rings. The van der Waals surface area contributed by atoms with Crippen LogP contribution in [0.5, 0.6) is 0 Å². The third kappa shape index (κ3) is 2.59. The average Bonchev–Trinajstić information content (AvgIpc) is 3.13. The number of fused-ring (bicyclic) bond motifs is 1. The van der Waals surface area contributed by atoms with Crippen molar-refractivity contribution in [2.24, 2.45) is 0 Å². The van der Waals surface area contributed by atoms with Crippen molar-refractivity contribution >= 4 is 16.8 Å². The van der Waals surface area contributed by atoms with Crippen molar-refractivity contribution in [3.63, 3.8) is 0 Å². The van der Waals surface area contributed by atoms with E-state index in [1.165, 1.54) is 10.9 Å². The number of carbonyl (C=O) groups excluding carboxylic acids is 1. The number of hydrogen-bond donors (Lipinski definition) is 2. The van der Waals surface area contributed by atoms with E-state index >= 15 is 0 Å². The maximum Gasteiger partial charge on any atom is 0.267 e. The summed E-state index contributed by atoms with van der Waals surface area (Å²) in [5.41, 5.74) is 1.85. The van der Waals surface area contributed by atoms with Gasteiger partial charge in [-0.15, -0.1) is 0 Å². The molecule has 2 N–H and O–H groups in total. The molecule has 0 unspecified atom stereocenters. The van der Waals surface area contributed by atoms with Gasteiger partial charge >= 0.3 is 0 Å². The van der Waals surface area contributed by atoms with E-state index in [1.54, 1.807) is 12.3 Å². The van der Waals surface area contributed by atoms with Crippen molar-refractivity contribution in [2.75, 3.05) is 6.54 Å². The van der Waals surface area contributed by atoms with Gasteiger partial charge in [0.1, 0.15) is 5.69 Å². The first-order valence-electron chi connectivity index (χ1n) is 6.80. The number of nitrogens with zero attached hydrogens (tertiary/aromatic N) is 1. The zero-order valence-electron chi connectivity index (χ0n) is 11.2. The second-order valence-corrected chi connectivity index (χ2v) is 4.76. The quantitative estimate of drug-likeness (QED) is 0.686. The van der Waals surface area contributed by atoms with Gasteiger partial charge in [0, 0.05) is 31.0 Å². The number of aromatic nitrogens is 2. The van der Waals surface area contributed by atoms with Crippen molar-refractivity contribution in [1.29, 1.82) is 0 Å². The predicted molar refractivity (Wildman–Crippen MR) is 79.7 cm³/mol. The Morgan fingerprint density at radius 2 is 2.05 bits per heavy atom.